The van der Waals surface area contributed by atoms with Gasteiger partial charge in [0.2, 0.25) is 5.91 Å². The van der Waals surface area contributed by atoms with Crippen molar-refractivity contribution in [2.45, 2.75) is 5.37 Å². The Morgan fingerprint density at radius 3 is 2.92 bits per heavy atom. The number of carbonyl (C=O) groups is 1. The molecule has 1 amide bonds. The molecule has 122 valence electrons. The van der Waals surface area contributed by atoms with Crippen molar-refractivity contribution in [2.75, 3.05) is 17.8 Å². The number of halogens is 1. The van der Waals surface area contributed by atoms with Crippen LogP contribution in [0.1, 0.15) is 10.9 Å². The number of nitrogens with zero attached hydrogens (tertiary/aromatic N) is 2. The number of fused-ring (bicyclic) bond motifs is 1. The lowest BCUT2D eigenvalue weighted by Crippen LogP contribution is -2.28. The Morgan fingerprint density at radius 1 is 1.29 bits per heavy atom. The number of benzene rings is 2. The van der Waals surface area contributed by atoms with E-state index in [2.05, 4.69) is 4.98 Å². The van der Waals surface area contributed by atoms with Crippen LogP contribution < -0.4 is 9.64 Å². The fourth-order valence-corrected chi connectivity index (χ4v) is 4.94. The van der Waals surface area contributed by atoms with Crippen LogP contribution in [0.15, 0.2) is 42.5 Å². The Balaban J connectivity index is 1.78. The number of methoxy groups -OCH3 is 1. The molecule has 1 fully saturated rings. The van der Waals surface area contributed by atoms with Gasteiger partial charge >= 0.3 is 0 Å². The van der Waals surface area contributed by atoms with E-state index >= 15 is 0 Å². The van der Waals surface area contributed by atoms with E-state index in [-0.39, 0.29) is 17.1 Å². The first-order chi connectivity index (χ1) is 11.7. The summed E-state index contributed by atoms with van der Waals surface area (Å²) < 4.78 is 20.3. The van der Waals surface area contributed by atoms with Crippen molar-refractivity contribution in [1.29, 1.82) is 0 Å². The average Bonchev–Trinajstić information content (AvgIpc) is 3.17. The summed E-state index contributed by atoms with van der Waals surface area (Å²) in [6.07, 6.45) is 0. The number of amides is 1. The zero-order valence-electron chi connectivity index (χ0n) is 12.7. The summed E-state index contributed by atoms with van der Waals surface area (Å²) in [5.41, 5.74) is 1.30. The summed E-state index contributed by atoms with van der Waals surface area (Å²) in [4.78, 5) is 18.5. The van der Waals surface area contributed by atoms with Crippen LogP contribution in [0, 0.1) is 5.82 Å². The van der Waals surface area contributed by atoms with E-state index in [1.807, 2.05) is 18.2 Å². The molecule has 1 aromatic heterocycles. The summed E-state index contributed by atoms with van der Waals surface area (Å²) in [6, 6.07) is 12.1. The second kappa shape index (κ2) is 6.07. The van der Waals surface area contributed by atoms with E-state index in [4.69, 9.17) is 4.74 Å². The van der Waals surface area contributed by atoms with Crippen LogP contribution in [0.3, 0.4) is 0 Å². The number of aromatic nitrogens is 1. The van der Waals surface area contributed by atoms with Crippen molar-refractivity contribution < 1.29 is 13.9 Å². The van der Waals surface area contributed by atoms with Crippen molar-refractivity contribution in [3.8, 4) is 5.75 Å². The minimum absolute atomic E-state index is 0.0562. The van der Waals surface area contributed by atoms with Gasteiger partial charge < -0.3 is 4.74 Å². The first kappa shape index (κ1) is 15.4. The highest BCUT2D eigenvalue weighted by Gasteiger charge is 2.37. The molecule has 0 saturated carbocycles. The van der Waals surface area contributed by atoms with Gasteiger partial charge in [-0.1, -0.05) is 29.5 Å². The van der Waals surface area contributed by atoms with Crippen molar-refractivity contribution in [3.05, 3.63) is 53.8 Å². The zero-order chi connectivity index (χ0) is 16.7. The lowest BCUT2D eigenvalue weighted by molar-refractivity contribution is -0.115. The summed E-state index contributed by atoms with van der Waals surface area (Å²) >= 11 is 2.83. The molecular weight excluding hydrogens is 347 g/mol. The fraction of sp³-hybridized carbons (Fsp3) is 0.176. The second-order valence-corrected chi connectivity index (χ2v) is 7.36. The highest BCUT2D eigenvalue weighted by atomic mass is 32.2. The SMILES string of the molecule is COc1ccc2nc(N3C(=O)CS[C@@H]3c3ccccc3F)sc2c1. The first-order valence-corrected chi connectivity index (χ1v) is 9.16. The summed E-state index contributed by atoms with van der Waals surface area (Å²) in [5, 5.41) is 0.197. The van der Waals surface area contributed by atoms with E-state index in [0.717, 1.165) is 16.0 Å². The van der Waals surface area contributed by atoms with Gasteiger partial charge in [-0.15, -0.1) is 11.8 Å². The quantitative estimate of drug-likeness (QED) is 0.701. The maximum absolute atomic E-state index is 14.2. The third-order valence-corrected chi connectivity index (χ3v) is 6.04. The van der Waals surface area contributed by atoms with Gasteiger partial charge in [0.05, 0.1) is 23.1 Å². The van der Waals surface area contributed by atoms with Crippen LogP contribution in [0.2, 0.25) is 0 Å². The molecule has 3 aromatic rings. The van der Waals surface area contributed by atoms with Crippen LogP contribution >= 0.6 is 23.1 Å². The smallest absolute Gasteiger partial charge is 0.240 e. The van der Waals surface area contributed by atoms with Crippen molar-refractivity contribution in [2.24, 2.45) is 0 Å². The standard InChI is InChI=1S/C17H13FN2O2S2/c1-22-10-6-7-13-14(8-10)24-17(19-13)20-15(21)9-23-16(20)11-4-2-3-5-12(11)18/h2-8,16H,9H2,1H3/t16-/m1/s1. The highest BCUT2D eigenvalue weighted by molar-refractivity contribution is 8.00. The summed E-state index contributed by atoms with van der Waals surface area (Å²) in [7, 11) is 1.61. The third kappa shape index (κ3) is 2.53. The van der Waals surface area contributed by atoms with Crippen molar-refractivity contribution in [3.63, 3.8) is 0 Å². The van der Waals surface area contributed by atoms with Crippen molar-refractivity contribution in [1.82, 2.24) is 4.98 Å². The normalized spacial score (nSPS) is 17.7. The molecule has 1 saturated heterocycles. The molecule has 0 bridgehead atoms. The number of ether oxygens (including phenoxy) is 1. The summed E-state index contributed by atoms with van der Waals surface area (Å²) in [5.74, 6) is 0.695. The maximum atomic E-state index is 14.2. The molecule has 7 heteroatoms. The van der Waals surface area contributed by atoms with Gasteiger partial charge in [-0.05, 0) is 24.3 Å². The van der Waals surface area contributed by atoms with E-state index in [9.17, 15) is 9.18 Å². The Labute approximate surface area is 146 Å². The van der Waals surface area contributed by atoms with Crippen LogP contribution in [0.5, 0.6) is 5.75 Å². The number of anilines is 1. The molecule has 1 aliphatic rings. The molecule has 4 nitrogen and oxygen atoms in total. The molecule has 0 unspecified atom stereocenters. The van der Waals surface area contributed by atoms with Gasteiger partial charge in [-0.25, -0.2) is 9.37 Å². The minimum atomic E-state index is -0.388. The van der Waals surface area contributed by atoms with Gasteiger partial charge in [0.25, 0.3) is 0 Å². The third-order valence-electron chi connectivity index (χ3n) is 3.83. The van der Waals surface area contributed by atoms with Crippen LogP contribution in [0.25, 0.3) is 10.2 Å². The van der Waals surface area contributed by atoms with Gasteiger partial charge in [-0.3, -0.25) is 9.69 Å². The topological polar surface area (TPSA) is 42.4 Å². The van der Waals surface area contributed by atoms with Crippen LogP contribution in [0.4, 0.5) is 9.52 Å². The number of hydrogen-bond acceptors (Lipinski definition) is 5. The lowest BCUT2D eigenvalue weighted by Gasteiger charge is -2.21. The van der Waals surface area contributed by atoms with E-state index in [1.54, 1.807) is 30.2 Å². The molecule has 1 atom stereocenters. The molecule has 0 N–H and O–H groups in total. The molecule has 2 aromatic carbocycles. The Morgan fingerprint density at radius 2 is 2.12 bits per heavy atom. The lowest BCUT2D eigenvalue weighted by atomic mass is 10.2. The molecule has 0 spiro atoms. The van der Waals surface area contributed by atoms with Crippen molar-refractivity contribution >= 4 is 44.4 Å². The predicted octanol–water partition coefficient (Wildman–Crippen LogP) is 4.22. The Hall–Kier alpha value is -2.12. The largest absolute Gasteiger partial charge is 0.497 e. The molecule has 4 rings (SSSR count). The number of thiazole rings is 1. The summed E-state index contributed by atoms with van der Waals surface area (Å²) in [6.45, 7) is 0. The molecule has 2 heterocycles. The van der Waals surface area contributed by atoms with E-state index in [1.165, 1.54) is 29.2 Å². The molecule has 0 radical (unpaired) electrons. The van der Waals surface area contributed by atoms with Gasteiger partial charge in [0.1, 0.15) is 16.9 Å². The van der Waals surface area contributed by atoms with Gasteiger partial charge in [-0.2, -0.15) is 0 Å². The molecule has 0 aliphatic carbocycles. The van der Waals surface area contributed by atoms with E-state index < -0.39 is 0 Å². The monoisotopic (exact) mass is 360 g/mol. The Bertz CT molecular complexity index is 928. The fourth-order valence-electron chi connectivity index (χ4n) is 2.66. The molecule has 1 aliphatic heterocycles. The maximum Gasteiger partial charge on any atom is 0.240 e. The number of thioether (sulfide) groups is 1. The number of hydrogen-bond donors (Lipinski definition) is 0. The molecular formula is C17H13FN2O2S2. The number of carbonyl (C=O) groups excluding carboxylic acids is 1. The van der Waals surface area contributed by atoms with Crippen LogP contribution in [-0.2, 0) is 4.79 Å². The second-order valence-electron chi connectivity index (χ2n) is 5.28. The minimum Gasteiger partial charge on any atom is -0.497 e. The van der Waals surface area contributed by atoms with Crippen LogP contribution in [-0.4, -0.2) is 23.8 Å². The first-order valence-electron chi connectivity index (χ1n) is 7.30. The Kier molecular flexibility index (Phi) is 3.90. The van der Waals surface area contributed by atoms with E-state index in [0.29, 0.717) is 16.4 Å². The zero-order valence-corrected chi connectivity index (χ0v) is 14.4. The number of rotatable bonds is 3. The highest BCUT2D eigenvalue weighted by Crippen LogP contribution is 2.44. The van der Waals surface area contributed by atoms with Gasteiger partial charge in [0, 0.05) is 5.56 Å². The predicted molar refractivity (Wildman–Crippen MR) is 95.3 cm³/mol. The average molecular weight is 360 g/mol. The molecule has 24 heavy (non-hydrogen) atoms. The van der Waals surface area contributed by atoms with Gasteiger partial charge in [0.15, 0.2) is 5.13 Å².